The Kier molecular flexibility index (Phi) is 3.10. The second-order valence-corrected chi connectivity index (χ2v) is 4.38. The second kappa shape index (κ2) is 4.24. The number of halogens is 3. The van der Waals surface area contributed by atoms with Gasteiger partial charge in [-0.15, -0.1) is 0 Å². The normalized spacial score (nSPS) is 28.8. The van der Waals surface area contributed by atoms with Crippen LogP contribution in [0.25, 0.3) is 0 Å². The topological polar surface area (TPSA) is 32.3 Å². The highest BCUT2D eigenvalue weighted by Crippen LogP contribution is 2.36. The van der Waals surface area contributed by atoms with E-state index in [1.807, 2.05) is 0 Å². The predicted octanol–water partition coefficient (Wildman–Crippen LogP) is 1.29. The molecule has 1 N–H and O–H groups in total. The summed E-state index contributed by atoms with van der Waals surface area (Å²) in [6, 6.07) is -1.79. The zero-order valence-electron chi connectivity index (χ0n) is 8.89. The molecule has 1 amide bonds. The molecule has 2 saturated heterocycles. The zero-order valence-corrected chi connectivity index (χ0v) is 8.89. The van der Waals surface area contributed by atoms with Gasteiger partial charge in [0.1, 0.15) is 6.04 Å². The SMILES string of the molecule is O=C1CC[C@H](C(F)(F)F)N1C1CCNCC1. The highest BCUT2D eigenvalue weighted by Gasteiger charge is 2.50. The molecule has 0 spiro atoms. The van der Waals surface area contributed by atoms with Crippen LogP contribution in [0.4, 0.5) is 13.2 Å². The lowest BCUT2D eigenvalue weighted by atomic mass is 10.0. The second-order valence-electron chi connectivity index (χ2n) is 4.38. The van der Waals surface area contributed by atoms with Crippen molar-refractivity contribution in [3.63, 3.8) is 0 Å². The minimum absolute atomic E-state index is 0.0358. The number of carbonyl (C=O) groups excluding carboxylic acids is 1. The van der Waals surface area contributed by atoms with Crippen molar-refractivity contribution in [3.05, 3.63) is 0 Å². The van der Waals surface area contributed by atoms with Crippen LogP contribution in [-0.4, -0.2) is 42.2 Å². The van der Waals surface area contributed by atoms with Crippen molar-refractivity contribution in [3.8, 4) is 0 Å². The Morgan fingerprint density at radius 1 is 1.19 bits per heavy atom. The number of alkyl halides is 3. The first-order chi connectivity index (χ1) is 7.50. The van der Waals surface area contributed by atoms with E-state index in [-0.39, 0.29) is 24.8 Å². The van der Waals surface area contributed by atoms with Crippen molar-refractivity contribution >= 4 is 5.91 Å². The fourth-order valence-electron chi connectivity index (χ4n) is 2.57. The van der Waals surface area contributed by atoms with Gasteiger partial charge >= 0.3 is 6.18 Å². The summed E-state index contributed by atoms with van der Waals surface area (Å²) >= 11 is 0. The Hall–Kier alpha value is -0.780. The van der Waals surface area contributed by atoms with Crippen LogP contribution in [0, 0.1) is 0 Å². The number of nitrogens with zero attached hydrogens (tertiary/aromatic N) is 1. The third kappa shape index (κ3) is 2.16. The van der Waals surface area contributed by atoms with Crippen LogP contribution < -0.4 is 5.32 Å². The van der Waals surface area contributed by atoms with Gasteiger partial charge in [0.25, 0.3) is 0 Å². The summed E-state index contributed by atoms with van der Waals surface area (Å²) < 4.78 is 38.2. The van der Waals surface area contributed by atoms with Crippen molar-refractivity contribution in [1.29, 1.82) is 0 Å². The molecule has 0 saturated carbocycles. The lowest BCUT2D eigenvalue weighted by Gasteiger charge is -2.36. The lowest BCUT2D eigenvalue weighted by Crippen LogP contribution is -2.51. The highest BCUT2D eigenvalue weighted by atomic mass is 19.4. The highest BCUT2D eigenvalue weighted by molar-refractivity contribution is 5.79. The molecule has 0 aromatic carbocycles. The van der Waals surface area contributed by atoms with Crippen LogP contribution in [0.15, 0.2) is 0 Å². The number of rotatable bonds is 1. The number of likely N-dealkylation sites (tertiary alicyclic amines) is 1. The van der Waals surface area contributed by atoms with E-state index in [4.69, 9.17) is 0 Å². The molecule has 3 nitrogen and oxygen atoms in total. The number of piperidine rings is 1. The molecule has 2 aliphatic rings. The van der Waals surface area contributed by atoms with Gasteiger partial charge in [-0.1, -0.05) is 0 Å². The van der Waals surface area contributed by atoms with E-state index in [1.165, 1.54) is 0 Å². The molecule has 0 bridgehead atoms. The maximum atomic E-state index is 12.7. The van der Waals surface area contributed by atoms with Gasteiger partial charge in [0, 0.05) is 12.5 Å². The van der Waals surface area contributed by atoms with Crippen molar-refractivity contribution in [1.82, 2.24) is 10.2 Å². The Morgan fingerprint density at radius 2 is 1.81 bits per heavy atom. The number of hydrogen-bond donors (Lipinski definition) is 1. The first kappa shape index (κ1) is 11.7. The van der Waals surface area contributed by atoms with Gasteiger partial charge in [-0.05, 0) is 32.4 Å². The standard InChI is InChI=1S/C10H15F3N2O/c11-10(12,13)8-1-2-9(16)15(8)7-3-5-14-6-4-7/h7-8,14H,1-6H2/t8-/m1/s1. The third-order valence-electron chi connectivity index (χ3n) is 3.34. The monoisotopic (exact) mass is 236 g/mol. The summed E-state index contributed by atoms with van der Waals surface area (Å²) in [4.78, 5) is 12.6. The molecule has 2 aliphatic heterocycles. The average molecular weight is 236 g/mol. The average Bonchev–Trinajstić information content (AvgIpc) is 2.61. The summed E-state index contributed by atoms with van der Waals surface area (Å²) in [7, 11) is 0. The summed E-state index contributed by atoms with van der Waals surface area (Å²) in [5.74, 6) is -0.339. The van der Waals surface area contributed by atoms with E-state index in [2.05, 4.69) is 5.32 Å². The molecular weight excluding hydrogens is 221 g/mol. The fraction of sp³-hybridized carbons (Fsp3) is 0.900. The number of amides is 1. The molecule has 0 aromatic heterocycles. The maximum absolute atomic E-state index is 12.7. The quantitative estimate of drug-likeness (QED) is 0.744. The minimum atomic E-state index is -4.28. The van der Waals surface area contributed by atoms with Gasteiger partial charge in [-0.25, -0.2) is 0 Å². The molecule has 16 heavy (non-hydrogen) atoms. The van der Waals surface area contributed by atoms with Crippen LogP contribution in [0.5, 0.6) is 0 Å². The Labute approximate surface area is 92.0 Å². The molecule has 92 valence electrons. The first-order valence-corrected chi connectivity index (χ1v) is 5.59. The summed E-state index contributed by atoms with van der Waals surface area (Å²) in [6.45, 7) is 1.39. The molecule has 0 aromatic rings. The van der Waals surface area contributed by atoms with E-state index >= 15 is 0 Å². The Morgan fingerprint density at radius 3 is 2.38 bits per heavy atom. The molecule has 6 heteroatoms. The van der Waals surface area contributed by atoms with Crippen LogP contribution in [0.2, 0.25) is 0 Å². The molecular formula is C10H15F3N2O. The van der Waals surface area contributed by atoms with Gasteiger partial charge < -0.3 is 10.2 Å². The van der Waals surface area contributed by atoms with Gasteiger partial charge in [0.05, 0.1) is 0 Å². The van der Waals surface area contributed by atoms with Crippen molar-refractivity contribution in [2.75, 3.05) is 13.1 Å². The predicted molar refractivity (Wildman–Crippen MR) is 51.8 cm³/mol. The molecule has 2 heterocycles. The molecule has 2 fully saturated rings. The van der Waals surface area contributed by atoms with E-state index in [9.17, 15) is 18.0 Å². The number of hydrogen-bond acceptors (Lipinski definition) is 2. The fourth-order valence-corrected chi connectivity index (χ4v) is 2.57. The van der Waals surface area contributed by atoms with Crippen molar-refractivity contribution in [2.24, 2.45) is 0 Å². The molecule has 2 rings (SSSR count). The molecule has 0 unspecified atom stereocenters. The summed E-state index contributed by atoms with van der Waals surface area (Å²) in [5, 5.41) is 3.09. The summed E-state index contributed by atoms with van der Waals surface area (Å²) in [5.41, 5.74) is 0. The van der Waals surface area contributed by atoms with Gasteiger partial charge in [-0.3, -0.25) is 4.79 Å². The number of carbonyl (C=O) groups is 1. The van der Waals surface area contributed by atoms with Crippen LogP contribution in [0.1, 0.15) is 25.7 Å². The van der Waals surface area contributed by atoms with E-state index in [0.29, 0.717) is 25.9 Å². The van der Waals surface area contributed by atoms with E-state index in [1.54, 1.807) is 0 Å². The van der Waals surface area contributed by atoms with E-state index in [0.717, 1.165) is 4.90 Å². The maximum Gasteiger partial charge on any atom is 0.408 e. The largest absolute Gasteiger partial charge is 0.408 e. The molecule has 0 radical (unpaired) electrons. The van der Waals surface area contributed by atoms with Crippen molar-refractivity contribution in [2.45, 2.75) is 43.9 Å². The van der Waals surface area contributed by atoms with Gasteiger partial charge in [0.15, 0.2) is 0 Å². The smallest absolute Gasteiger partial charge is 0.327 e. The van der Waals surface area contributed by atoms with Gasteiger partial charge in [-0.2, -0.15) is 13.2 Å². The van der Waals surface area contributed by atoms with Crippen LogP contribution in [0.3, 0.4) is 0 Å². The van der Waals surface area contributed by atoms with Gasteiger partial charge in [0.2, 0.25) is 5.91 Å². The first-order valence-electron chi connectivity index (χ1n) is 5.59. The summed E-state index contributed by atoms with van der Waals surface area (Å²) in [6.07, 6.45) is -3.08. The molecule has 0 aliphatic carbocycles. The number of nitrogens with one attached hydrogen (secondary N) is 1. The minimum Gasteiger partial charge on any atom is -0.327 e. The Balaban J connectivity index is 2.12. The third-order valence-corrected chi connectivity index (χ3v) is 3.34. The van der Waals surface area contributed by atoms with Crippen molar-refractivity contribution < 1.29 is 18.0 Å². The van der Waals surface area contributed by atoms with Crippen LogP contribution >= 0.6 is 0 Å². The lowest BCUT2D eigenvalue weighted by molar-refractivity contribution is -0.186. The van der Waals surface area contributed by atoms with Crippen LogP contribution in [-0.2, 0) is 4.79 Å². The Bertz CT molecular complexity index is 274. The zero-order chi connectivity index (χ0) is 11.8. The molecule has 1 atom stereocenters. The van der Waals surface area contributed by atoms with E-state index < -0.39 is 12.2 Å².